The van der Waals surface area contributed by atoms with E-state index in [1.54, 1.807) is 6.07 Å². The minimum Gasteiger partial charge on any atom is -0.324 e. The summed E-state index contributed by atoms with van der Waals surface area (Å²) in [7, 11) is 0. The molecule has 0 bridgehead atoms. The van der Waals surface area contributed by atoms with Crippen LogP contribution in [0.1, 0.15) is 17.2 Å². The van der Waals surface area contributed by atoms with Gasteiger partial charge in [0, 0.05) is 6.04 Å². The van der Waals surface area contributed by atoms with E-state index in [-0.39, 0.29) is 16.5 Å². The summed E-state index contributed by atoms with van der Waals surface area (Å²) in [5.74, 6) is -1.49. The van der Waals surface area contributed by atoms with Gasteiger partial charge in [0.15, 0.2) is 0 Å². The van der Waals surface area contributed by atoms with Crippen molar-refractivity contribution in [3.63, 3.8) is 0 Å². The fraction of sp³-hybridized carbons (Fsp3) is 0.143. The van der Waals surface area contributed by atoms with E-state index in [9.17, 15) is 13.2 Å². The van der Waals surface area contributed by atoms with Crippen molar-refractivity contribution >= 4 is 15.9 Å². The zero-order valence-corrected chi connectivity index (χ0v) is 11.4. The largest absolute Gasteiger partial charge is 0.324 e. The molecule has 0 spiro atoms. The van der Waals surface area contributed by atoms with Crippen molar-refractivity contribution in [3.05, 3.63) is 69.4 Å². The Kier molecular flexibility index (Phi) is 4.27. The first-order valence-corrected chi connectivity index (χ1v) is 6.41. The van der Waals surface area contributed by atoms with Gasteiger partial charge in [0.2, 0.25) is 0 Å². The molecule has 0 saturated carbocycles. The van der Waals surface area contributed by atoms with E-state index in [1.165, 1.54) is 12.1 Å². The molecule has 5 heteroatoms. The molecule has 2 rings (SSSR count). The van der Waals surface area contributed by atoms with Gasteiger partial charge in [-0.05, 0) is 57.7 Å². The summed E-state index contributed by atoms with van der Waals surface area (Å²) in [4.78, 5) is 0. The monoisotopic (exact) mass is 329 g/mol. The van der Waals surface area contributed by atoms with Crippen molar-refractivity contribution in [2.24, 2.45) is 5.73 Å². The maximum atomic E-state index is 13.5. The molecule has 0 aromatic heterocycles. The minimum absolute atomic E-state index is 0.0889. The lowest BCUT2D eigenvalue weighted by Gasteiger charge is -2.15. The lowest BCUT2D eigenvalue weighted by molar-refractivity contribution is 0.569. The number of rotatable bonds is 3. The van der Waals surface area contributed by atoms with Gasteiger partial charge in [0.25, 0.3) is 0 Å². The van der Waals surface area contributed by atoms with Crippen LogP contribution in [0.5, 0.6) is 0 Å². The zero-order valence-electron chi connectivity index (χ0n) is 9.84. The van der Waals surface area contributed by atoms with E-state index in [1.807, 2.05) is 0 Å². The quantitative estimate of drug-likeness (QED) is 0.901. The highest BCUT2D eigenvalue weighted by Gasteiger charge is 2.15. The van der Waals surface area contributed by atoms with Crippen LogP contribution in [0.15, 0.2) is 40.9 Å². The average Bonchev–Trinajstić information content (AvgIpc) is 2.37. The number of benzene rings is 2. The Labute approximate surface area is 117 Å². The molecule has 1 nitrogen and oxygen atoms in total. The molecular weight excluding hydrogens is 319 g/mol. The van der Waals surface area contributed by atoms with Crippen molar-refractivity contribution in [2.75, 3.05) is 0 Å². The molecule has 0 saturated heterocycles. The van der Waals surface area contributed by atoms with E-state index < -0.39 is 23.5 Å². The topological polar surface area (TPSA) is 26.0 Å². The molecule has 2 aromatic rings. The molecule has 0 aliphatic heterocycles. The molecule has 0 radical (unpaired) electrons. The summed E-state index contributed by atoms with van der Waals surface area (Å²) in [5.41, 5.74) is 6.62. The van der Waals surface area contributed by atoms with Crippen molar-refractivity contribution in [2.45, 2.75) is 12.5 Å². The molecule has 100 valence electrons. The zero-order chi connectivity index (χ0) is 14.0. The van der Waals surface area contributed by atoms with Gasteiger partial charge in [-0.3, -0.25) is 0 Å². The Bertz CT molecular complexity index is 601. The van der Waals surface area contributed by atoms with Crippen molar-refractivity contribution in [1.82, 2.24) is 0 Å². The highest BCUT2D eigenvalue weighted by atomic mass is 79.9. The lowest BCUT2D eigenvalue weighted by atomic mass is 9.99. The van der Waals surface area contributed by atoms with Crippen LogP contribution < -0.4 is 5.73 Å². The average molecular weight is 330 g/mol. The number of hydrogen-bond donors (Lipinski definition) is 1. The summed E-state index contributed by atoms with van der Waals surface area (Å²) < 4.78 is 40.2. The van der Waals surface area contributed by atoms with Gasteiger partial charge in [-0.25, -0.2) is 13.2 Å². The van der Waals surface area contributed by atoms with Gasteiger partial charge in [0.1, 0.15) is 17.5 Å². The third kappa shape index (κ3) is 3.16. The first-order chi connectivity index (χ1) is 8.99. The molecule has 0 aliphatic rings. The predicted octanol–water partition coefficient (Wildman–Crippen LogP) is 4.11. The normalized spacial score (nSPS) is 12.5. The van der Waals surface area contributed by atoms with Crippen LogP contribution >= 0.6 is 15.9 Å². The van der Waals surface area contributed by atoms with E-state index in [0.717, 1.165) is 18.2 Å². The smallest absolute Gasteiger partial charge is 0.137 e. The van der Waals surface area contributed by atoms with Crippen molar-refractivity contribution < 1.29 is 13.2 Å². The second-order valence-electron chi connectivity index (χ2n) is 4.19. The third-order valence-corrected chi connectivity index (χ3v) is 3.67. The molecule has 19 heavy (non-hydrogen) atoms. The molecule has 1 atom stereocenters. The summed E-state index contributed by atoms with van der Waals surface area (Å²) in [6.07, 6.45) is 0.0889. The van der Waals surface area contributed by atoms with Gasteiger partial charge >= 0.3 is 0 Å². The van der Waals surface area contributed by atoms with Crippen LogP contribution in [-0.4, -0.2) is 0 Å². The highest BCUT2D eigenvalue weighted by molar-refractivity contribution is 9.10. The van der Waals surface area contributed by atoms with Crippen LogP contribution in [0, 0.1) is 17.5 Å². The molecule has 0 amide bonds. The maximum absolute atomic E-state index is 13.5. The Morgan fingerprint density at radius 1 is 1.05 bits per heavy atom. The Morgan fingerprint density at radius 3 is 2.53 bits per heavy atom. The van der Waals surface area contributed by atoms with Gasteiger partial charge in [-0.1, -0.05) is 12.1 Å². The second-order valence-corrected chi connectivity index (χ2v) is 4.98. The maximum Gasteiger partial charge on any atom is 0.137 e. The van der Waals surface area contributed by atoms with Crippen LogP contribution in [0.3, 0.4) is 0 Å². The van der Waals surface area contributed by atoms with Gasteiger partial charge in [0.05, 0.1) is 4.47 Å². The molecule has 0 aliphatic carbocycles. The molecule has 1 unspecified atom stereocenters. The summed E-state index contributed by atoms with van der Waals surface area (Å²) in [5, 5.41) is 0. The summed E-state index contributed by atoms with van der Waals surface area (Å²) in [6, 6.07) is 7.04. The van der Waals surface area contributed by atoms with E-state index >= 15 is 0 Å². The Balaban J connectivity index is 2.28. The lowest BCUT2D eigenvalue weighted by Crippen LogP contribution is -2.15. The fourth-order valence-electron chi connectivity index (χ4n) is 1.85. The van der Waals surface area contributed by atoms with E-state index in [4.69, 9.17) is 5.73 Å². The number of halogens is 4. The van der Waals surface area contributed by atoms with Gasteiger partial charge < -0.3 is 5.73 Å². The molecule has 0 heterocycles. The van der Waals surface area contributed by atoms with Crippen LogP contribution in [0.25, 0.3) is 0 Å². The number of hydrogen-bond acceptors (Lipinski definition) is 1. The SMILES string of the molecule is NC(Cc1cc(F)ccc1F)c1cccc(F)c1Br. The minimum atomic E-state index is -0.624. The van der Waals surface area contributed by atoms with Crippen LogP contribution in [0.4, 0.5) is 13.2 Å². The first-order valence-electron chi connectivity index (χ1n) is 5.62. The van der Waals surface area contributed by atoms with Gasteiger partial charge in [-0.15, -0.1) is 0 Å². The first kappa shape index (κ1) is 14.1. The molecular formula is C14H11BrF3N. The Morgan fingerprint density at radius 2 is 1.79 bits per heavy atom. The van der Waals surface area contributed by atoms with Crippen molar-refractivity contribution in [1.29, 1.82) is 0 Å². The fourth-order valence-corrected chi connectivity index (χ4v) is 2.41. The number of nitrogens with two attached hydrogens (primary N) is 1. The van der Waals surface area contributed by atoms with Gasteiger partial charge in [-0.2, -0.15) is 0 Å². The van der Waals surface area contributed by atoms with E-state index in [0.29, 0.717) is 5.56 Å². The molecule has 2 N–H and O–H groups in total. The molecule has 2 aromatic carbocycles. The highest BCUT2D eigenvalue weighted by Crippen LogP contribution is 2.27. The summed E-state index contributed by atoms with van der Waals surface area (Å²) >= 11 is 3.10. The second kappa shape index (κ2) is 5.75. The van der Waals surface area contributed by atoms with Crippen LogP contribution in [-0.2, 0) is 6.42 Å². The van der Waals surface area contributed by atoms with E-state index in [2.05, 4.69) is 15.9 Å². The van der Waals surface area contributed by atoms with Crippen molar-refractivity contribution in [3.8, 4) is 0 Å². The Hall–Kier alpha value is -1.33. The standard InChI is InChI=1S/C14H11BrF3N/c15-14-10(2-1-3-12(14)18)13(19)7-8-6-9(16)4-5-11(8)17/h1-6,13H,7,19H2. The third-order valence-electron chi connectivity index (χ3n) is 2.83. The molecule has 0 fully saturated rings. The summed E-state index contributed by atoms with van der Waals surface area (Å²) in [6.45, 7) is 0. The predicted molar refractivity (Wildman–Crippen MR) is 71.1 cm³/mol. The van der Waals surface area contributed by atoms with Crippen LogP contribution in [0.2, 0.25) is 0 Å².